The second kappa shape index (κ2) is 7.87. The van der Waals surface area contributed by atoms with Gasteiger partial charge in [-0.15, -0.1) is 0 Å². The Morgan fingerprint density at radius 3 is 2.70 bits per heavy atom. The lowest BCUT2D eigenvalue weighted by molar-refractivity contribution is -0.124. The van der Waals surface area contributed by atoms with Crippen LogP contribution >= 0.6 is 0 Å². The van der Waals surface area contributed by atoms with E-state index in [4.69, 9.17) is 10.5 Å². The van der Waals surface area contributed by atoms with Gasteiger partial charge in [0, 0.05) is 19.0 Å². The van der Waals surface area contributed by atoms with Crippen molar-refractivity contribution in [2.45, 2.75) is 13.0 Å². The van der Waals surface area contributed by atoms with Crippen molar-refractivity contribution in [1.82, 2.24) is 10.2 Å². The largest absolute Gasteiger partial charge is 0.497 e. The Balaban J connectivity index is 2.76. The molecule has 0 saturated carbocycles. The van der Waals surface area contributed by atoms with Crippen LogP contribution in [0.5, 0.6) is 5.75 Å². The minimum Gasteiger partial charge on any atom is -0.497 e. The highest BCUT2D eigenvalue weighted by Crippen LogP contribution is 2.22. The predicted octanol–water partition coefficient (Wildman–Crippen LogP) is 1.01. The number of nitrogens with one attached hydrogen (secondary N) is 1. The van der Waals surface area contributed by atoms with Gasteiger partial charge < -0.3 is 20.7 Å². The van der Waals surface area contributed by atoms with E-state index in [1.54, 1.807) is 7.11 Å². The smallest absolute Gasteiger partial charge is 0.224 e. The van der Waals surface area contributed by atoms with Gasteiger partial charge in [-0.2, -0.15) is 0 Å². The van der Waals surface area contributed by atoms with Gasteiger partial charge in [0.15, 0.2) is 0 Å². The van der Waals surface area contributed by atoms with Crippen LogP contribution in [0.3, 0.4) is 0 Å². The van der Waals surface area contributed by atoms with Crippen LogP contribution in [0.4, 0.5) is 0 Å². The molecule has 0 bridgehead atoms. The van der Waals surface area contributed by atoms with Crippen molar-refractivity contribution in [3.63, 3.8) is 0 Å². The van der Waals surface area contributed by atoms with E-state index >= 15 is 0 Å². The first kappa shape index (κ1) is 16.5. The molecule has 5 heteroatoms. The Labute approximate surface area is 121 Å². The zero-order chi connectivity index (χ0) is 15.1. The number of carbonyl (C=O) groups is 1. The first-order valence-corrected chi connectivity index (χ1v) is 6.77. The number of amides is 1. The predicted molar refractivity (Wildman–Crippen MR) is 80.7 cm³/mol. The number of methoxy groups -OCH3 is 1. The third kappa shape index (κ3) is 4.51. The van der Waals surface area contributed by atoms with Crippen molar-refractivity contribution >= 4 is 5.91 Å². The quantitative estimate of drug-likeness (QED) is 0.781. The summed E-state index contributed by atoms with van der Waals surface area (Å²) in [5, 5.41) is 2.95. The van der Waals surface area contributed by atoms with E-state index in [9.17, 15) is 4.79 Å². The van der Waals surface area contributed by atoms with Gasteiger partial charge in [-0.3, -0.25) is 4.79 Å². The average Bonchev–Trinajstić information content (AvgIpc) is 2.46. The van der Waals surface area contributed by atoms with Crippen molar-refractivity contribution in [2.24, 2.45) is 11.7 Å². The summed E-state index contributed by atoms with van der Waals surface area (Å²) < 4.78 is 5.24. The summed E-state index contributed by atoms with van der Waals surface area (Å²) >= 11 is 0. The second-order valence-corrected chi connectivity index (χ2v) is 5.14. The van der Waals surface area contributed by atoms with E-state index in [1.807, 2.05) is 45.3 Å². The summed E-state index contributed by atoms with van der Waals surface area (Å²) in [6.07, 6.45) is 0. The van der Waals surface area contributed by atoms with Crippen molar-refractivity contribution in [3.8, 4) is 5.75 Å². The Morgan fingerprint density at radius 1 is 1.45 bits per heavy atom. The van der Waals surface area contributed by atoms with E-state index in [0.29, 0.717) is 13.1 Å². The van der Waals surface area contributed by atoms with Gasteiger partial charge in [-0.05, 0) is 31.8 Å². The van der Waals surface area contributed by atoms with Crippen LogP contribution in [0.2, 0.25) is 0 Å². The van der Waals surface area contributed by atoms with Gasteiger partial charge in [-0.25, -0.2) is 0 Å². The molecule has 1 aromatic rings. The van der Waals surface area contributed by atoms with Crippen molar-refractivity contribution in [2.75, 3.05) is 34.3 Å². The van der Waals surface area contributed by atoms with Crippen molar-refractivity contribution in [1.29, 1.82) is 0 Å². The van der Waals surface area contributed by atoms with Gasteiger partial charge in [0.05, 0.1) is 13.2 Å². The normalized spacial score (nSPS) is 13.9. The van der Waals surface area contributed by atoms with E-state index in [-0.39, 0.29) is 17.9 Å². The van der Waals surface area contributed by atoms with Gasteiger partial charge in [0.1, 0.15) is 5.75 Å². The van der Waals surface area contributed by atoms with Crippen LogP contribution in [-0.4, -0.2) is 45.1 Å². The maximum Gasteiger partial charge on any atom is 0.224 e. The van der Waals surface area contributed by atoms with Crippen LogP contribution in [-0.2, 0) is 4.79 Å². The molecule has 20 heavy (non-hydrogen) atoms. The Hall–Kier alpha value is -1.59. The minimum absolute atomic E-state index is 0.0118. The minimum atomic E-state index is -0.164. The SMILES string of the molecule is COc1cccc(C(CNC(=O)C(C)CN)N(C)C)c1. The Morgan fingerprint density at radius 2 is 2.15 bits per heavy atom. The fraction of sp³-hybridized carbons (Fsp3) is 0.533. The molecule has 3 N–H and O–H groups in total. The van der Waals surface area contributed by atoms with Crippen molar-refractivity contribution < 1.29 is 9.53 Å². The third-order valence-corrected chi connectivity index (χ3v) is 3.37. The molecule has 112 valence electrons. The fourth-order valence-electron chi connectivity index (χ4n) is 1.93. The molecule has 1 rings (SSSR count). The van der Waals surface area contributed by atoms with Gasteiger partial charge in [0.2, 0.25) is 5.91 Å². The molecule has 2 unspecified atom stereocenters. The maximum absolute atomic E-state index is 11.8. The van der Waals surface area contributed by atoms with E-state index < -0.39 is 0 Å². The highest BCUT2D eigenvalue weighted by atomic mass is 16.5. The number of likely N-dealkylation sites (N-methyl/N-ethyl adjacent to an activating group) is 1. The molecule has 0 fully saturated rings. The average molecular weight is 279 g/mol. The number of carbonyl (C=O) groups excluding carboxylic acids is 1. The summed E-state index contributed by atoms with van der Waals surface area (Å²) in [4.78, 5) is 13.9. The molecular weight excluding hydrogens is 254 g/mol. The first-order chi connectivity index (χ1) is 9.49. The number of benzene rings is 1. The molecule has 1 amide bonds. The molecule has 0 aliphatic carbocycles. The fourth-order valence-corrected chi connectivity index (χ4v) is 1.93. The molecule has 0 saturated heterocycles. The molecule has 0 aromatic heterocycles. The van der Waals surface area contributed by atoms with Crippen molar-refractivity contribution in [3.05, 3.63) is 29.8 Å². The van der Waals surface area contributed by atoms with Crippen LogP contribution in [0.15, 0.2) is 24.3 Å². The number of rotatable bonds is 7. The lowest BCUT2D eigenvalue weighted by Crippen LogP contribution is -2.38. The molecule has 0 heterocycles. The second-order valence-electron chi connectivity index (χ2n) is 5.14. The number of ether oxygens (including phenoxy) is 1. The number of nitrogens with two attached hydrogens (primary N) is 1. The Bertz CT molecular complexity index is 435. The lowest BCUT2D eigenvalue weighted by atomic mass is 10.0. The molecule has 0 radical (unpaired) electrons. The van der Waals surface area contributed by atoms with E-state index in [1.165, 1.54) is 0 Å². The van der Waals surface area contributed by atoms with Gasteiger partial charge >= 0.3 is 0 Å². The van der Waals surface area contributed by atoms with Crippen LogP contribution < -0.4 is 15.8 Å². The van der Waals surface area contributed by atoms with Crippen LogP contribution in [0.25, 0.3) is 0 Å². The zero-order valence-electron chi connectivity index (χ0n) is 12.7. The number of hydrogen-bond donors (Lipinski definition) is 2. The molecule has 5 nitrogen and oxygen atoms in total. The topological polar surface area (TPSA) is 67.6 Å². The standard InChI is InChI=1S/C15H25N3O2/c1-11(9-16)15(19)17-10-14(18(2)3)12-6-5-7-13(8-12)20-4/h5-8,11,14H,9-10,16H2,1-4H3,(H,17,19). The Kier molecular flexibility index (Phi) is 6.48. The van der Waals surface area contributed by atoms with E-state index in [2.05, 4.69) is 10.2 Å². The summed E-state index contributed by atoms with van der Waals surface area (Å²) in [7, 11) is 5.62. The van der Waals surface area contributed by atoms with Gasteiger partial charge in [-0.1, -0.05) is 19.1 Å². The molecule has 0 aliphatic heterocycles. The monoisotopic (exact) mass is 279 g/mol. The summed E-state index contributed by atoms with van der Waals surface area (Å²) in [5.74, 6) is 0.640. The highest BCUT2D eigenvalue weighted by Gasteiger charge is 2.17. The van der Waals surface area contributed by atoms with Gasteiger partial charge in [0.25, 0.3) is 0 Å². The van der Waals surface area contributed by atoms with Crippen LogP contribution in [0, 0.1) is 5.92 Å². The third-order valence-electron chi connectivity index (χ3n) is 3.37. The lowest BCUT2D eigenvalue weighted by Gasteiger charge is -2.26. The van der Waals surface area contributed by atoms with E-state index in [0.717, 1.165) is 11.3 Å². The summed E-state index contributed by atoms with van der Waals surface area (Å²) in [6.45, 7) is 2.73. The maximum atomic E-state index is 11.8. The highest BCUT2D eigenvalue weighted by molar-refractivity contribution is 5.78. The molecule has 1 aromatic carbocycles. The first-order valence-electron chi connectivity index (χ1n) is 6.77. The molecule has 0 aliphatic rings. The van der Waals surface area contributed by atoms with Crippen LogP contribution in [0.1, 0.15) is 18.5 Å². The number of hydrogen-bond acceptors (Lipinski definition) is 4. The molecule has 0 spiro atoms. The summed E-state index contributed by atoms with van der Waals surface area (Å²) in [6, 6.07) is 7.98. The zero-order valence-corrected chi connectivity index (χ0v) is 12.7. The number of nitrogens with zero attached hydrogens (tertiary/aromatic N) is 1. The summed E-state index contributed by atoms with van der Waals surface area (Å²) in [5.41, 5.74) is 6.61. The molecular formula is C15H25N3O2. The molecule has 2 atom stereocenters.